The highest BCUT2D eigenvalue weighted by molar-refractivity contribution is 7.98. The molecule has 0 saturated carbocycles. The van der Waals surface area contributed by atoms with Crippen molar-refractivity contribution in [1.29, 1.82) is 0 Å². The van der Waals surface area contributed by atoms with E-state index in [1.54, 1.807) is 10.6 Å². The zero-order chi connectivity index (χ0) is 9.42. The van der Waals surface area contributed by atoms with E-state index in [9.17, 15) is 4.79 Å². The van der Waals surface area contributed by atoms with E-state index in [1.807, 2.05) is 13.2 Å². The molecule has 0 saturated heterocycles. The Morgan fingerprint density at radius 2 is 2.31 bits per heavy atom. The summed E-state index contributed by atoms with van der Waals surface area (Å²) in [5, 5.41) is 3.88. The lowest BCUT2D eigenvalue weighted by molar-refractivity contribution is 0.856. The fourth-order valence-electron chi connectivity index (χ4n) is 1.23. The Bertz CT molecular complexity index is 500. The van der Waals surface area contributed by atoms with E-state index in [0.717, 1.165) is 10.9 Å². The number of aryl methyl sites for hydroxylation is 1. The lowest BCUT2D eigenvalue weighted by Crippen LogP contribution is -2.03. The highest BCUT2D eigenvalue weighted by Gasteiger charge is 2.02. The largest absolute Gasteiger partial charge is 0.290 e. The van der Waals surface area contributed by atoms with Gasteiger partial charge in [0.05, 0.1) is 0 Å². The lowest BCUT2D eigenvalue weighted by atomic mass is 10.4. The molecule has 0 aliphatic heterocycles. The highest BCUT2D eigenvalue weighted by atomic mass is 32.2. The number of hydrogen-bond donors (Lipinski definition) is 1. The van der Waals surface area contributed by atoms with Crippen molar-refractivity contribution in [1.82, 2.24) is 14.6 Å². The summed E-state index contributed by atoms with van der Waals surface area (Å²) < 4.78 is 1.80. The fraction of sp³-hybridized carbons (Fsp3) is 0.250. The number of nitrogens with one attached hydrogen (secondary N) is 1. The van der Waals surface area contributed by atoms with Crippen molar-refractivity contribution < 1.29 is 0 Å². The van der Waals surface area contributed by atoms with Crippen molar-refractivity contribution in [3.63, 3.8) is 0 Å². The Hall–Kier alpha value is -1.23. The third-order valence-corrected chi connectivity index (χ3v) is 2.39. The molecule has 0 aromatic carbocycles. The van der Waals surface area contributed by atoms with Crippen LogP contribution in [-0.2, 0) is 0 Å². The standard InChI is InChI=1S/C8H9N3OS/c1-5-3-6(12)4-7-9-8(13-2)10-11(5)7/h3-4H,1-2H3,(H,9,10). The van der Waals surface area contributed by atoms with E-state index in [1.165, 1.54) is 17.8 Å². The van der Waals surface area contributed by atoms with Crippen molar-refractivity contribution in [2.45, 2.75) is 12.1 Å². The number of aromatic amines is 1. The highest BCUT2D eigenvalue weighted by Crippen LogP contribution is 2.10. The van der Waals surface area contributed by atoms with E-state index in [-0.39, 0.29) is 5.43 Å². The van der Waals surface area contributed by atoms with Crippen molar-refractivity contribution in [2.75, 3.05) is 6.26 Å². The summed E-state index contributed by atoms with van der Waals surface area (Å²) in [5.74, 6) is 0. The Morgan fingerprint density at radius 3 is 3.00 bits per heavy atom. The van der Waals surface area contributed by atoms with Gasteiger partial charge in [0.1, 0.15) is 0 Å². The first-order chi connectivity index (χ1) is 6.20. The monoisotopic (exact) mass is 195 g/mol. The zero-order valence-electron chi connectivity index (χ0n) is 7.37. The third kappa shape index (κ3) is 1.35. The molecule has 0 aliphatic rings. The normalized spacial score (nSPS) is 10.9. The van der Waals surface area contributed by atoms with Gasteiger partial charge in [0.25, 0.3) is 0 Å². The summed E-state index contributed by atoms with van der Waals surface area (Å²) >= 11 is 1.52. The average molecular weight is 195 g/mol. The van der Waals surface area contributed by atoms with Crippen LogP contribution >= 0.6 is 11.8 Å². The maximum atomic E-state index is 11.1. The van der Waals surface area contributed by atoms with Crippen LogP contribution in [0.2, 0.25) is 0 Å². The zero-order valence-corrected chi connectivity index (χ0v) is 8.18. The molecule has 0 atom stereocenters. The van der Waals surface area contributed by atoms with Crippen LogP contribution in [-0.4, -0.2) is 20.9 Å². The van der Waals surface area contributed by atoms with Crippen LogP contribution in [0.25, 0.3) is 5.65 Å². The van der Waals surface area contributed by atoms with Crippen LogP contribution in [0.4, 0.5) is 0 Å². The number of fused-ring (bicyclic) bond motifs is 1. The minimum atomic E-state index is -0.00310. The second-order valence-corrected chi connectivity index (χ2v) is 3.55. The number of hydrogen-bond acceptors (Lipinski definition) is 3. The molecule has 0 unspecified atom stereocenters. The van der Waals surface area contributed by atoms with E-state index in [2.05, 4.69) is 10.1 Å². The minimum Gasteiger partial charge on any atom is -0.290 e. The van der Waals surface area contributed by atoms with Gasteiger partial charge in [-0.25, -0.2) is 9.50 Å². The van der Waals surface area contributed by atoms with Crippen LogP contribution in [0.5, 0.6) is 0 Å². The summed E-state index contributed by atoms with van der Waals surface area (Å²) in [6.45, 7) is 1.87. The molecule has 0 bridgehead atoms. The third-order valence-electron chi connectivity index (χ3n) is 1.82. The summed E-state index contributed by atoms with van der Waals surface area (Å²) in [6.07, 6.45) is 1.94. The summed E-state index contributed by atoms with van der Waals surface area (Å²) in [4.78, 5) is 15.4. The van der Waals surface area contributed by atoms with E-state index in [4.69, 9.17) is 0 Å². The summed E-state index contributed by atoms with van der Waals surface area (Å²) in [7, 11) is 0. The van der Waals surface area contributed by atoms with Gasteiger partial charge in [-0.3, -0.25) is 9.89 Å². The minimum absolute atomic E-state index is 0.00310. The van der Waals surface area contributed by atoms with Crippen LogP contribution in [0.3, 0.4) is 0 Å². The fourth-order valence-corrected chi connectivity index (χ4v) is 1.60. The molecule has 0 amide bonds. The molecular weight excluding hydrogens is 186 g/mol. The molecule has 1 N–H and O–H groups in total. The van der Waals surface area contributed by atoms with E-state index in [0.29, 0.717) is 5.65 Å². The molecule has 0 spiro atoms. The Labute approximate surface area is 79.0 Å². The first kappa shape index (κ1) is 8.37. The predicted octanol–water partition coefficient (Wildman–Crippen LogP) is 1.05. The second kappa shape index (κ2) is 2.92. The number of H-pyrrole nitrogens is 1. The van der Waals surface area contributed by atoms with Gasteiger partial charge in [-0.05, 0) is 13.2 Å². The van der Waals surface area contributed by atoms with Crippen LogP contribution in [0, 0.1) is 6.92 Å². The molecule has 13 heavy (non-hydrogen) atoms. The topological polar surface area (TPSA) is 50.2 Å². The van der Waals surface area contributed by atoms with Gasteiger partial charge in [-0.2, -0.15) is 0 Å². The molecule has 2 rings (SSSR count). The van der Waals surface area contributed by atoms with Gasteiger partial charge >= 0.3 is 0 Å². The first-order valence-corrected chi connectivity index (χ1v) is 5.06. The summed E-state index contributed by atoms with van der Waals surface area (Å²) in [5.41, 5.74) is 1.54. The van der Waals surface area contributed by atoms with Crippen LogP contribution in [0.15, 0.2) is 22.1 Å². The molecule has 0 aliphatic carbocycles. The molecule has 2 aromatic rings. The van der Waals surface area contributed by atoms with Crippen LogP contribution < -0.4 is 5.43 Å². The van der Waals surface area contributed by atoms with E-state index >= 15 is 0 Å². The maximum Gasteiger partial charge on any atom is 0.184 e. The maximum absolute atomic E-state index is 11.1. The van der Waals surface area contributed by atoms with Crippen molar-refractivity contribution in [3.05, 3.63) is 28.0 Å². The summed E-state index contributed by atoms with van der Waals surface area (Å²) in [6, 6.07) is 3.10. The van der Waals surface area contributed by atoms with Crippen molar-refractivity contribution in [3.8, 4) is 0 Å². The Morgan fingerprint density at radius 1 is 1.54 bits per heavy atom. The van der Waals surface area contributed by atoms with Crippen molar-refractivity contribution in [2.24, 2.45) is 0 Å². The predicted molar refractivity (Wildman–Crippen MR) is 52.3 cm³/mol. The molecule has 0 fully saturated rings. The number of pyridine rings is 1. The molecule has 2 heterocycles. The molecular formula is C8H9N3OS. The molecule has 2 aromatic heterocycles. The Kier molecular flexibility index (Phi) is 1.88. The van der Waals surface area contributed by atoms with Gasteiger partial charge in [-0.1, -0.05) is 11.8 Å². The van der Waals surface area contributed by atoms with Gasteiger partial charge in [0.15, 0.2) is 16.2 Å². The Balaban J connectivity index is 2.83. The van der Waals surface area contributed by atoms with Crippen molar-refractivity contribution >= 4 is 17.4 Å². The SMILES string of the molecule is CSc1nc2cc(=O)cc(C)n2[nH]1. The average Bonchev–Trinajstić information content (AvgIpc) is 2.47. The quantitative estimate of drug-likeness (QED) is 0.692. The van der Waals surface area contributed by atoms with Gasteiger partial charge in [0, 0.05) is 17.8 Å². The van der Waals surface area contributed by atoms with E-state index < -0.39 is 0 Å². The van der Waals surface area contributed by atoms with Crippen LogP contribution in [0.1, 0.15) is 5.69 Å². The first-order valence-electron chi connectivity index (χ1n) is 3.84. The number of rotatable bonds is 1. The van der Waals surface area contributed by atoms with Gasteiger partial charge < -0.3 is 0 Å². The lowest BCUT2D eigenvalue weighted by Gasteiger charge is -1.95. The second-order valence-electron chi connectivity index (χ2n) is 2.76. The smallest absolute Gasteiger partial charge is 0.184 e. The molecule has 5 heteroatoms. The number of aromatic nitrogens is 3. The molecule has 68 valence electrons. The van der Waals surface area contributed by atoms with Gasteiger partial charge in [-0.15, -0.1) is 0 Å². The number of thioether (sulfide) groups is 1. The van der Waals surface area contributed by atoms with Gasteiger partial charge in [0.2, 0.25) is 0 Å². The molecule has 4 nitrogen and oxygen atoms in total. The molecule has 0 radical (unpaired) electrons. The number of nitrogens with zero attached hydrogens (tertiary/aromatic N) is 2.